The highest BCUT2D eigenvalue weighted by molar-refractivity contribution is 7.80. The summed E-state index contributed by atoms with van der Waals surface area (Å²) in [4.78, 5) is 2.46. The van der Waals surface area contributed by atoms with Crippen LogP contribution < -0.4 is 10.6 Å². The number of thiocarbonyl (C=S) groups is 1. The van der Waals surface area contributed by atoms with E-state index in [9.17, 15) is 0 Å². The van der Waals surface area contributed by atoms with Crippen LogP contribution in [-0.4, -0.2) is 43.2 Å². The van der Waals surface area contributed by atoms with Crippen molar-refractivity contribution in [2.24, 2.45) is 0 Å². The minimum Gasteiger partial charge on any atom is -0.366 e. The van der Waals surface area contributed by atoms with Crippen LogP contribution >= 0.6 is 12.2 Å². The van der Waals surface area contributed by atoms with E-state index in [0.29, 0.717) is 0 Å². The molecule has 1 rings (SSSR count). The van der Waals surface area contributed by atoms with E-state index >= 15 is 0 Å². The van der Waals surface area contributed by atoms with E-state index in [0.717, 1.165) is 24.6 Å². The molecule has 0 amide bonds. The fourth-order valence-electron chi connectivity index (χ4n) is 1.44. The Balaban J connectivity index is 1.91. The standard InChI is InChI=1S/C9H18N3S/c1-10-9(13)11-5-4-8-12-6-2-3-7-12/h2H,3-8H2,1H3,(H2,10,11,13). The third kappa shape index (κ3) is 4.43. The van der Waals surface area contributed by atoms with Gasteiger partial charge in [-0.25, -0.2) is 0 Å². The van der Waals surface area contributed by atoms with E-state index in [-0.39, 0.29) is 0 Å². The summed E-state index contributed by atoms with van der Waals surface area (Å²) in [6, 6.07) is 0. The van der Waals surface area contributed by atoms with Crippen LogP contribution in [0.25, 0.3) is 0 Å². The third-order valence-corrected chi connectivity index (χ3v) is 2.55. The van der Waals surface area contributed by atoms with Crippen LogP contribution in [0.4, 0.5) is 0 Å². The van der Waals surface area contributed by atoms with Crippen LogP contribution in [0.1, 0.15) is 12.8 Å². The highest BCUT2D eigenvalue weighted by Crippen LogP contribution is 2.05. The molecule has 13 heavy (non-hydrogen) atoms. The molecule has 1 saturated heterocycles. The fraction of sp³-hybridized carbons (Fsp3) is 0.778. The first-order valence-corrected chi connectivity index (χ1v) is 5.23. The molecule has 0 bridgehead atoms. The van der Waals surface area contributed by atoms with Crippen molar-refractivity contribution in [3.05, 3.63) is 6.42 Å². The van der Waals surface area contributed by atoms with Crippen molar-refractivity contribution < 1.29 is 0 Å². The van der Waals surface area contributed by atoms with E-state index in [2.05, 4.69) is 22.0 Å². The second-order valence-corrected chi connectivity index (χ2v) is 3.65. The maximum Gasteiger partial charge on any atom is 0.166 e. The van der Waals surface area contributed by atoms with Gasteiger partial charge in [-0.05, 0) is 44.6 Å². The first-order valence-electron chi connectivity index (χ1n) is 4.82. The van der Waals surface area contributed by atoms with Gasteiger partial charge in [0, 0.05) is 20.1 Å². The average Bonchev–Trinajstić information content (AvgIpc) is 2.64. The van der Waals surface area contributed by atoms with E-state index < -0.39 is 0 Å². The van der Waals surface area contributed by atoms with Crippen LogP contribution in [-0.2, 0) is 0 Å². The number of nitrogens with one attached hydrogen (secondary N) is 2. The molecule has 1 aliphatic rings. The van der Waals surface area contributed by atoms with Gasteiger partial charge in [0.15, 0.2) is 5.11 Å². The van der Waals surface area contributed by atoms with Crippen molar-refractivity contribution in [3.63, 3.8) is 0 Å². The first kappa shape index (κ1) is 10.7. The molecule has 0 aromatic rings. The molecule has 0 atom stereocenters. The molecule has 1 radical (unpaired) electrons. The van der Waals surface area contributed by atoms with Crippen LogP contribution in [0.2, 0.25) is 0 Å². The van der Waals surface area contributed by atoms with Crippen molar-refractivity contribution in [2.75, 3.05) is 33.2 Å². The Morgan fingerprint density at radius 2 is 2.46 bits per heavy atom. The van der Waals surface area contributed by atoms with Crippen LogP contribution in [0, 0.1) is 6.42 Å². The summed E-state index contributed by atoms with van der Waals surface area (Å²) >= 11 is 4.96. The SMILES string of the molecule is CNC(=S)NCCCN1C[CH]CC1. The quantitative estimate of drug-likeness (QED) is 0.507. The largest absolute Gasteiger partial charge is 0.366 e. The second kappa shape index (κ2) is 6.16. The van der Waals surface area contributed by atoms with Crippen molar-refractivity contribution in [1.29, 1.82) is 0 Å². The summed E-state index contributed by atoms with van der Waals surface area (Å²) in [5.74, 6) is 0. The van der Waals surface area contributed by atoms with Gasteiger partial charge in [-0.3, -0.25) is 0 Å². The Bertz CT molecular complexity index is 155. The average molecular weight is 200 g/mol. The van der Waals surface area contributed by atoms with Crippen molar-refractivity contribution in [2.45, 2.75) is 12.8 Å². The normalized spacial score (nSPS) is 17.3. The van der Waals surface area contributed by atoms with Gasteiger partial charge in [0.25, 0.3) is 0 Å². The van der Waals surface area contributed by atoms with Gasteiger partial charge in [0.1, 0.15) is 0 Å². The van der Waals surface area contributed by atoms with Gasteiger partial charge in [-0.15, -0.1) is 0 Å². The topological polar surface area (TPSA) is 27.3 Å². The van der Waals surface area contributed by atoms with Gasteiger partial charge in [0.2, 0.25) is 0 Å². The number of hydrogen-bond acceptors (Lipinski definition) is 2. The second-order valence-electron chi connectivity index (χ2n) is 3.24. The maximum absolute atomic E-state index is 4.96. The Kier molecular flexibility index (Phi) is 5.08. The van der Waals surface area contributed by atoms with E-state index in [1.54, 1.807) is 0 Å². The van der Waals surface area contributed by atoms with Crippen molar-refractivity contribution >= 4 is 17.3 Å². The maximum atomic E-state index is 4.96. The zero-order valence-electron chi connectivity index (χ0n) is 8.18. The van der Waals surface area contributed by atoms with Crippen molar-refractivity contribution in [1.82, 2.24) is 15.5 Å². The highest BCUT2D eigenvalue weighted by atomic mass is 32.1. The zero-order chi connectivity index (χ0) is 9.52. The molecular weight excluding hydrogens is 182 g/mol. The van der Waals surface area contributed by atoms with E-state index in [1.807, 2.05) is 7.05 Å². The molecule has 1 fully saturated rings. The predicted octanol–water partition coefficient (Wildman–Crippen LogP) is 0.380. The van der Waals surface area contributed by atoms with Crippen molar-refractivity contribution in [3.8, 4) is 0 Å². The Labute approximate surface area is 85.9 Å². The van der Waals surface area contributed by atoms with Gasteiger partial charge in [0.05, 0.1) is 0 Å². The summed E-state index contributed by atoms with van der Waals surface area (Å²) in [5, 5.41) is 6.78. The smallest absolute Gasteiger partial charge is 0.166 e. The lowest BCUT2D eigenvalue weighted by Gasteiger charge is -2.14. The molecule has 0 unspecified atom stereocenters. The third-order valence-electron chi connectivity index (χ3n) is 2.20. The molecule has 75 valence electrons. The van der Waals surface area contributed by atoms with Crippen LogP contribution in [0.15, 0.2) is 0 Å². The van der Waals surface area contributed by atoms with E-state index in [1.165, 1.54) is 19.5 Å². The molecule has 0 aromatic carbocycles. The molecule has 0 spiro atoms. The van der Waals surface area contributed by atoms with Crippen LogP contribution in [0.5, 0.6) is 0 Å². The Morgan fingerprint density at radius 1 is 1.62 bits per heavy atom. The van der Waals surface area contributed by atoms with Gasteiger partial charge in [-0.2, -0.15) is 0 Å². The lowest BCUT2D eigenvalue weighted by Crippen LogP contribution is -2.34. The molecule has 2 N–H and O–H groups in total. The molecular formula is C9H18N3S. The minimum atomic E-state index is 0.744. The Hall–Kier alpha value is -0.350. The zero-order valence-corrected chi connectivity index (χ0v) is 8.99. The summed E-state index contributed by atoms with van der Waals surface area (Å²) in [7, 11) is 1.84. The highest BCUT2D eigenvalue weighted by Gasteiger charge is 2.10. The number of hydrogen-bond donors (Lipinski definition) is 2. The molecule has 0 aromatic heterocycles. The van der Waals surface area contributed by atoms with Gasteiger partial charge < -0.3 is 15.5 Å². The van der Waals surface area contributed by atoms with E-state index in [4.69, 9.17) is 12.2 Å². The lowest BCUT2D eigenvalue weighted by atomic mass is 10.4. The molecule has 3 nitrogen and oxygen atoms in total. The molecule has 0 saturated carbocycles. The van der Waals surface area contributed by atoms with Gasteiger partial charge in [-0.1, -0.05) is 0 Å². The molecule has 1 heterocycles. The first-order chi connectivity index (χ1) is 6.33. The number of likely N-dealkylation sites (tertiary alicyclic amines) is 1. The number of nitrogens with zero attached hydrogens (tertiary/aromatic N) is 1. The molecule has 0 aliphatic carbocycles. The lowest BCUT2D eigenvalue weighted by molar-refractivity contribution is 0.339. The monoisotopic (exact) mass is 200 g/mol. The summed E-state index contributed by atoms with van der Waals surface area (Å²) in [6.07, 6.45) is 4.75. The predicted molar refractivity (Wildman–Crippen MR) is 59.6 cm³/mol. The summed E-state index contributed by atoms with van der Waals surface area (Å²) < 4.78 is 0. The van der Waals surface area contributed by atoms with Crippen LogP contribution in [0.3, 0.4) is 0 Å². The summed E-state index contributed by atoms with van der Waals surface area (Å²) in [5.41, 5.74) is 0. The number of rotatable bonds is 4. The fourth-order valence-corrected chi connectivity index (χ4v) is 1.54. The summed E-state index contributed by atoms with van der Waals surface area (Å²) in [6.45, 7) is 4.54. The molecule has 4 heteroatoms. The molecule has 1 aliphatic heterocycles. The minimum absolute atomic E-state index is 0.744. The van der Waals surface area contributed by atoms with Gasteiger partial charge >= 0.3 is 0 Å². The Morgan fingerprint density at radius 3 is 3.08 bits per heavy atom.